The lowest BCUT2D eigenvalue weighted by molar-refractivity contribution is -0.155. The summed E-state index contributed by atoms with van der Waals surface area (Å²) in [7, 11) is 0. The number of imide groups is 1. The van der Waals surface area contributed by atoms with E-state index in [9.17, 15) is 33.9 Å². The first-order valence-electron chi connectivity index (χ1n) is 16.2. The van der Waals surface area contributed by atoms with Crippen LogP contribution in [0.1, 0.15) is 35.8 Å². The van der Waals surface area contributed by atoms with Crippen LogP contribution in [0, 0.1) is 0 Å². The van der Waals surface area contributed by atoms with Crippen LogP contribution >= 0.6 is 34.4 Å². The number of phenols is 1. The molecule has 0 bridgehead atoms. The molecule has 0 aromatic heterocycles. The highest BCUT2D eigenvalue weighted by atomic mass is 127. The lowest BCUT2D eigenvalue weighted by Crippen LogP contribution is -2.71. The van der Waals surface area contributed by atoms with Crippen LogP contribution in [0.5, 0.6) is 5.75 Å². The van der Waals surface area contributed by atoms with Gasteiger partial charge in [0.1, 0.15) is 28.9 Å². The number of aromatic hydroxyl groups is 1. The van der Waals surface area contributed by atoms with Crippen LogP contribution in [0.15, 0.2) is 96.2 Å². The Kier molecular flexibility index (Phi) is 11.0. The molecule has 3 atom stereocenters. The Bertz CT molecular complexity index is 1840. The molecule has 3 aromatic rings. The number of phenolic OH excluding ortho intramolecular Hbond substituents is 1. The summed E-state index contributed by atoms with van der Waals surface area (Å²) >= 11 is 3.53. The highest BCUT2D eigenvalue weighted by Crippen LogP contribution is 2.42. The molecule has 3 aliphatic rings. The van der Waals surface area contributed by atoms with Gasteiger partial charge in [-0.25, -0.2) is 9.59 Å². The minimum absolute atomic E-state index is 0.0668. The number of halogens is 1. The number of alkyl halides is 1. The molecule has 2 saturated heterocycles. The average molecular weight is 824 g/mol. The van der Waals surface area contributed by atoms with Crippen LogP contribution in [0.25, 0.3) is 0 Å². The Morgan fingerprint density at radius 1 is 0.902 bits per heavy atom. The number of rotatable bonds is 10. The fourth-order valence-electron chi connectivity index (χ4n) is 6.10. The van der Waals surface area contributed by atoms with Crippen molar-refractivity contribution in [2.75, 3.05) is 29.8 Å². The molecule has 3 aliphatic heterocycles. The third-order valence-corrected chi connectivity index (χ3v) is 11.1. The quantitative estimate of drug-likeness (QED) is 0.0916. The van der Waals surface area contributed by atoms with E-state index in [0.717, 1.165) is 21.6 Å². The lowest BCUT2D eigenvalue weighted by Gasteiger charge is -2.50. The van der Waals surface area contributed by atoms with Crippen molar-refractivity contribution in [1.82, 2.24) is 25.3 Å². The molecule has 15 heteroatoms. The molecular weight excluding hydrogens is 789 g/mol. The normalized spacial score (nSPS) is 19.4. The number of ether oxygens (including phenoxy) is 1. The van der Waals surface area contributed by atoms with Gasteiger partial charge < -0.3 is 25.4 Å². The number of nitrogens with one attached hydrogen (secondary N) is 2. The number of carbonyl (C=O) groups is 6. The van der Waals surface area contributed by atoms with E-state index >= 15 is 0 Å². The minimum Gasteiger partial charge on any atom is -0.508 e. The van der Waals surface area contributed by atoms with Crippen LogP contribution < -0.4 is 10.6 Å². The number of likely N-dealkylation sites (N-methyl/N-ethyl adjacent to an activating group) is 1. The molecule has 0 radical (unpaired) electrons. The zero-order chi connectivity index (χ0) is 36.2. The van der Waals surface area contributed by atoms with Crippen molar-refractivity contribution in [3.63, 3.8) is 0 Å². The van der Waals surface area contributed by atoms with Gasteiger partial charge >= 0.3 is 23.8 Å². The highest BCUT2D eigenvalue weighted by Gasteiger charge is 2.55. The molecular formula is C36H34IN5O8S. The van der Waals surface area contributed by atoms with E-state index in [0.29, 0.717) is 16.7 Å². The van der Waals surface area contributed by atoms with Crippen LogP contribution in [-0.2, 0) is 28.7 Å². The first kappa shape index (κ1) is 35.9. The average Bonchev–Trinajstić information content (AvgIpc) is 3.16. The second-order valence-electron chi connectivity index (χ2n) is 11.9. The summed E-state index contributed by atoms with van der Waals surface area (Å²) < 4.78 is 6.60. The van der Waals surface area contributed by atoms with Gasteiger partial charge in [0.25, 0.3) is 5.91 Å². The third kappa shape index (κ3) is 7.30. The number of hydrogen-bond acceptors (Lipinski definition) is 9. The fraction of sp³-hybridized carbons (Fsp3) is 0.278. The zero-order valence-electron chi connectivity index (χ0n) is 27.4. The Morgan fingerprint density at radius 2 is 1.53 bits per heavy atom. The van der Waals surface area contributed by atoms with Crippen molar-refractivity contribution >= 4 is 70.0 Å². The van der Waals surface area contributed by atoms with Gasteiger partial charge in [-0.15, -0.1) is 11.8 Å². The van der Waals surface area contributed by atoms with Gasteiger partial charge in [-0.2, -0.15) is 0 Å². The number of amides is 6. The van der Waals surface area contributed by atoms with Crippen molar-refractivity contribution < 1.29 is 38.6 Å². The van der Waals surface area contributed by atoms with Crippen LogP contribution in [-0.4, -0.2) is 96.7 Å². The monoisotopic (exact) mass is 823 g/mol. The van der Waals surface area contributed by atoms with Crippen molar-refractivity contribution in [2.45, 2.75) is 30.5 Å². The molecule has 6 amide bonds. The second kappa shape index (κ2) is 15.6. The van der Waals surface area contributed by atoms with Gasteiger partial charge in [-0.1, -0.05) is 95.4 Å². The molecule has 51 heavy (non-hydrogen) atoms. The van der Waals surface area contributed by atoms with E-state index in [1.54, 1.807) is 6.92 Å². The maximum Gasteiger partial charge on any atom is 0.356 e. The Balaban J connectivity index is 1.21. The molecule has 3 N–H and O–H groups in total. The van der Waals surface area contributed by atoms with Crippen molar-refractivity contribution in [3.05, 3.63) is 113 Å². The first-order chi connectivity index (χ1) is 24.6. The van der Waals surface area contributed by atoms with E-state index < -0.39 is 59.2 Å². The van der Waals surface area contributed by atoms with Crippen molar-refractivity contribution in [2.24, 2.45) is 0 Å². The molecule has 13 nitrogen and oxygen atoms in total. The standard InChI is InChI=1S/C36H34IN5O8S/c1-2-40-17-18-41(33(47)32(40)46)36(49)39-26(21-13-15-25(43)16-14-21)30(44)38-27-31(45)42-28(24(19-37)20-51-34(27)42)35(48)50-29(22-9-5-3-6-10-22)23-11-7-4-8-12-23/h3-16,26-27,29,34,43H,2,17-20H2,1H3,(H,38,44)(H,39,49)/t26-,27-,34-/m1/s1. The predicted octanol–water partition coefficient (Wildman–Crippen LogP) is 3.26. The summed E-state index contributed by atoms with van der Waals surface area (Å²) in [4.78, 5) is 83.5. The van der Waals surface area contributed by atoms with Crippen LogP contribution in [0.2, 0.25) is 0 Å². The van der Waals surface area contributed by atoms with E-state index in [2.05, 4.69) is 33.2 Å². The van der Waals surface area contributed by atoms with Gasteiger partial charge in [-0.3, -0.25) is 29.0 Å². The topological polar surface area (TPSA) is 166 Å². The molecule has 264 valence electrons. The third-order valence-electron chi connectivity index (χ3n) is 8.82. The summed E-state index contributed by atoms with van der Waals surface area (Å²) in [5, 5.41) is 14.5. The minimum atomic E-state index is -1.40. The van der Waals surface area contributed by atoms with Gasteiger partial charge in [-0.05, 0) is 41.3 Å². The number of hydrogen-bond donors (Lipinski definition) is 3. The van der Waals surface area contributed by atoms with Crippen LogP contribution in [0.3, 0.4) is 0 Å². The smallest absolute Gasteiger partial charge is 0.356 e. The maximum absolute atomic E-state index is 14.0. The fourth-order valence-corrected chi connectivity index (χ4v) is 8.44. The molecule has 0 aliphatic carbocycles. The summed E-state index contributed by atoms with van der Waals surface area (Å²) in [6.07, 6.45) is -0.732. The first-order valence-corrected chi connectivity index (χ1v) is 18.7. The number of urea groups is 1. The summed E-state index contributed by atoms with van der Waals surface area (Å²) in [6.45, 7) is 2.10. The van der Waals surface area contributed by atoms with Crippen molar-refractivity contribution in [1.29, 1.82) is 0 Å². The number of esters is 1. The van der Waals surface area contributed by atoms with E-state index in [4.69, 9.17) is 4.74 Å². The molecule has 0 saturated carbocycles. The number of fused-ring (bicyclic) bond motifs is 1. The Labute approximate surface area is 311 Å². The number of benzene rings is 3. The van der Waals surface area contributed by atoms with Crippen molar-refractivity contribution in [3.8, 4) is 5.75 Å². The maximum atomic E-state index is 14.0. The Morgan fingerprint density at radius 3 is 2.12 bits per heavy atom. The molecule has 3 aromatic carbocycles. The van der Waals surface area contributed by atoms with E-state index in [-0.39, 0.29) is 30.1 Å². The SMILES string of the molecule is CCN1CCN(C(=O)N[C@@H](C(=O)N[C@@H]2C(=O)N3C(C(=O)OC(c4ccccc4)c4ccccc4)=C(CI)CS[C@H]23)c2ccc(O)cc2)C(=O)C1=O. The highest BCUT2D eigenvalue weighted by molar-refractivity contribution is 14.1. The number of carbonyl (C=O) groups excluding carboxylic acids is 6. The van der Waals surface area contributed by atoms with Gasteiger partial charge in [0.05, 0.1) is 0 Å². The number of thioether (sulfide) groups is 1. The Hall–Kier alpha value is -4.90. The second-order valence-corrected chi connectivity index (χ2v) is 13.8. The molecule has 0 spiro atoms. The number of nitrogens with zero attached hydrogens (tertiary/aromatic N) is 3. The molecule has 0 unspecified atom stereocenters. The molecule has 3 heterocycles. The number of β-lactam (4-membered cyclic amide) rings is 1. The summed E-state index contributed by atoms with van der Waals surface area (Å²) in [5.41, 5.74) is 2.63. The van der Waals surface area contributed by atoms with Gasteiger partial charge in [0.2, 0.25) is 5.91 Å². The zero-order valence-corrected chi connectivity index (χ0v) is 30.3. The molecule has 2 fully saturated rings. The van der Waals surface area contributed by atoms with E-state index in [1.165, 1.54) is 45.8 Å². The number of piperazine rings is 1. The van der Waals surface area contributed by atoms with Gasteiger partial charge in [0, 0.05) is 29.8 Å². The summed E-state index contributed by atoms with van der Waals surface area (Å²) in [5.74, 6) is -3.48. The van der Waals surface area contributed by atoms with Crippen LogP contribution in [0.4, 0.5) is 4.79 Å². The lowest BCUT2D eigenvalue weighted by atomic mass is 10.00. The molecule has 6 rings (SSSR count). The van der Waals surface area contributed by atoms with E-state index in [1.807, 2.05) is 60.7 Å². The largest absolute Gasteiger partial charge is 0.508 e. The summed E-state index contributed by atoms with van der Waals surface area (Å²) in [6, 6.07) is 20.7. The predicted molar refractivity (Wildman–Crippen MR) is 195 cm³/mol. The van der Waals surface area contributed by atoms with Gasteiger partial charge in [0.15, 0.2) is 6.10 Å².